The lowest BCUT2D eigenvalue weighted by Crippen LogP contribution is -2.51. The first-order valence-corrected chi connectivity index (χ1v) is 10.3. The van der Waals surface area contributed by atoms with Crippen LogP contribution >= 0.6 is 0 Å². The molecule has 148 valence electrons. The topological polar surface area (TPSA) is 137 Å². The van der Waals surface area contributed by atoms with Crippen LogP contribution in [0.4, 0.5) is 4.79 Å². The van der Waals surface area contributed by atoms with E-state index in [0.717, 1.165) is 17.7 Å². The van der Waals surface area contributed by atoms with Crippen molar-refractivity contribution in [2.45, 2.75) is 64.1 Å². The van der Waals surface area contributed by atoms with E-state index in [2.05, 4.69) is 20.1 Å². The van der Waals surface area contributed by atoms with Crippen molar-refractivity contribution in [2.75, 3.05) is 13.1 Å². The van der Waals surface area contributed by atoms with Crippen molar-refractivity contribution < 1.29 is 22.8 Å². The summed E-state index contributed by atoms with van der Waals surface area (Å²) in [5.41, 5.74) is -0.857. The minimum absolute atomic E-state index is 0.00933. The molecule has 1 heterocycles. The van der Waals surface area contributed by atoms with Crippen LogP contribution < -0.4 is 20.1 Å². The number of carbonyl (C=O) groups excluding carboxylic acids is 3. The predicted octanol–water partition coefficient (Wildman–Crippen LogP) is -0.812. The Balaban J connectivity index is 1.84. The lowest BCUT2D eigenvalue weighted by molar-refractivity contribution is -0.137. The third kappa shape index (κ3) is 4.51. The van der Waals surface area contributed by atoms with E-state index in [1.165, 1.54) is 6.92 Å². The number of amides is 4. The number of hydrogen-bond donors (Lipinski definition) is 4. The smallest absolute Gasteiger partial charge is 0.325 e. The second-order valence-electron chi connectivity index (χ2n) is 7.03. The van der Waals surface area contributed by atoms with Crippen molar-refractivity contribution in [3.63, 3.8) is 0 Å². The molecule has 0 aromatic rings. The fourth-order valence-electron chi connectivity index (χ4n) is 3.30. The molecule has 4 N–H and O–H groups in total. The summed E-state index contributed by atoms with van der Waals surface area (Å²) in [5, 5.41) is 5.27. The van der Waals surface area contributed by atoms with Gasteiger partial charge >= 0.3 is 6.03 Å². The second kappa shape index (κ2) is 7.89. The van der Waals surface area contributed by atoms with E-state index in [9.17, 15) is 22.8 Å². The minimum Gasteiger partial charge on any atom is -0.353 e. The number of nitrogens with one attached hydrogen (secondary N) is 4. The van der Waals surface area contributed by atoms with E-state index in [4.69, 9.17) is 0 Å². The zero-order chi connectivity index (χ0) is 19.5. The number of nitrogens with zero attached hydrogens (tertiary/aromatic N) is 1. The van der Waals surface area contributed by atoms with Gasteiger partial charge in [0.25, 0.3) is 16.1 Å². The molecule has 11 heteroatoms. The van der Waals surface area contributed by atoms with Gasteiger partial charge in [-0.15, -0.1) is 0 Å². The van der Waals surface area contributed by atoms with Crippen molar-refractivity contribution >= 4 is 28.1 Å². The molecule has 0 bridgehead atoms. The van der Waals surface area contributed by atoms with Gasteiger partial charge in [-0.3, -0.25) is 9.59 Å². The van der Waals surface area contributed by atoms with E-state index in [1.54, 1.807) is 13.8 Å². The first kappa shape index (κ1) is 20.6. The lowest BCUT2D eigenvalue weighted by atomic mass is 9.97. The SMILES string of the molecule is CC(C)NS(=O)(=O)NCCNC(=O)[C@@H](C)N1C(=O)NC2(CCCC2)C1=O. The number of rotatable bonds is 8. The molecule has 2 rings (SSSR count). The maximum Gasteiger partial charge on any atom is 0.325 e. The van der Waals surface area contributed by atoms with Crippen LogP contribution in [0.2, 0.25) is 0 Å². The molecule has 0 unspecified atom stereocenters. The Morgan fingerprint density at radius 2 is 1.81 bits per heavy atom. The highest BCUT2D eigenvalue weighted by molar-refractivity contribution is 7.87. The van der Waals surface area contributed by atoms with Crippen molar-refractivity contribution in [1.29, 1.82) is 0 Å². The van der Waals surface area contributed by atoms with Crippen LogP contribution in [0.5, 0.6) is 0 Å². The zero-order valence-corrected chi connectivity index (χ0v) is 16.1. The van der Waals surface area contributed by atoms with Crippen molar-refractivity contribution in [3.05, 3.63) is 0 Å². The molecule has 4 amide bonds. The standard InChI is InChI=1S/C15H27N5O5S/c1-10(2)19-26(24,25)17-9-8-16-12(21)11(3)20-13(22)15(18-14(20)23)6-4-5-7-15/h10-11,17,19H,4-9H2,1-3H3,(H,16,21)(H,18,23)/t11-/m1/s1. The molecule has 10 nitrogen and oxygen atoms in total. The Bertz CT molecular complexity index is 672. The highest BCUT2D eigenvalue weighted by atomic mass is 32.2. The van der Waals surface area contributed by atoms with Crippen LogP contribution in [0, 0.1) is 0 Å². The normalized spacial score (nSPS) is 20.7. The third-order valence-electron chi connectivity index (χ3n) is 4.52. The van der Waals surface area contributed by atoms with Crippen LogP contribution in [-0.2, 0) is 19.8 Å². The summed E-state index contributed by atoms with van der Waals surface area (Å²) >= 11 is 0. The summed E-state index contributed by atoms with van der Waals surface area (Å²) in [4.78, 5) is 38.0. The maximum absolute atomic E-state index is 12.6. The lowest BCUT2D eigenvalue weighted by Gasteiger charge is -2.23. The zero-order valence-electron chi connectivity index (χ0n) is 15.3. The van der Waals surface area contributed by atoms with Crippen LogP contribution in [0.25, 0.3) is 0 Å². The number of hydrogen-bond acceptors (Lipinski definition) is 5. The first-order chi connectivity index (χ1) is 12.1. The Morgan fingerprint density at radius 3 is 2.38 bits per heavy atom. The monoisotopic (exact) mass is 389 g/mol. The van der Waals surface area contributed by atoms with Crippen molar-refractivity contribution in [2.24, 2.45) is 0 Å². The van der Waals surface area contributed by atoms with Crippen molar-refractivity contribution in [3.8, 4) is 0 Å². The van der Waals surface area contributed by atoms with Gasteiger partial charge in [-0.05, 0) is 33.6 Å². The summed E-state index contributed by atoms with van der Waals surface area (Å²) in [6, 6.07) is -1.76. The molecule has 1 atom stereocenters. The van der Waals surface area contributed by atoms with Gasteiger partial charge in [-0.25, -0.2) is 14.4 Å². The van der Waals surface area contributed by atoms with E-state index in [-0.39, 0.29) is 25.0 Å². The molecular formula is C15H27N5O5S. The van der Waals surface area contributed by atoms with E-state index >= 15 is 0 Å². The van der Waals surface area contributed by atoms with Gasteiger partial charge in [0.15, 0.2) is 0 Å². The van der Waals surface area contributed by atoms with Gasteiger partial charge in [-0.1, -0.05) is 12.8 Å². The predicted molar refractivity (Wildman–Crippen MR) is 94.2 cm³/mol. The molecule has 1 aliphatic heterocycles. The molecule has 1 aliphatic carbocycles. The van der Waals surface area contributed by atoms with Crippen LogP contribution in [0.15, 0.2) is 0 Å². The summed E-state index contributed by atoms with van der Waals surface area (Å²) in [6.45, 7) is 4.89. The molecule has 0 aromatic carbocycles. The molecule has 2 fully saturated rings. The Morgan fingerprint density at radius 1 is 1.19 bits per heavy atom. The van der Waals surface area contributed by atoms with Crippen LogP contribution in [0.3, 0.4) is 0 Å². The quantitative estimate of drug-likeness (QED) is 0.318. The van der Waals surface area contributed by atoms with Gasteiger partial charge in [-0.2, -0.15) is 13.1 Å². The van der Waals surface area contributed by atoms with Crippen LogP contribution in [0.1, 0.15) is 46.5 Å². The maximum atomic E-state index is 12.6. The average molecular weight is 389 g/mol. The molecule has 2 aliphatic rings. The van der Waals surface area contributed by atoms with E-state index < -0.39 is 33.7 Å². The van der Waals surface area contributed by atoms with Crippen LogP contribution in [-0.4, -0.2) is 61.9 Å². The highest BCUT2D eigenvalue weighted by Crippen LogP contribution is 2.35. The minimum atomic E-state index is -3.63. The second-order valence-corrected chi connectivity index (χ2v) is 8.56. The van der Waals surface area contributed by atoms with Gasteiger partial charge in [0, 0.05) is 19.1 Å². The average Bonchev–Trinajstić information content (AvgIpc) is 3.08. The Labute approximate surface area is 153 Å². The number of urea groups is 1. The van der Waals surface area contributed by atoms with Gasteiger partial charge in [0.1, 0.15) is 11.6 Å². The molecule has 1 saturated carbocycles. The van der Waals surface area contributed by atoms with Gasteiger partial charge < -0.3 is 10.6 Å². The number of imide groups is 1. The highest BCUT2D eigenvalue weighted by Gasteiger charge is 2.54. The molecule has 0 radical (unpaired) electrons. The largest absolute Gasteiger partial charge is 0.353 e. The Hall–Kier alpha value is -1.72. The molecule has 1 spiro atoms. The Kier molecular flexibility index (Phi) is 6.25. The summed E-state index contributed by atoms with van der Waals surface area (Å²) in [6.07, 6.45) is 2.91. The van der Waals surface area contributed by atoms with Gasteiger partial charge in [0.05, 0.1) is 0 Å². The van der Waals surface area contributed by atoms with E-state index in [1.807, 2.05) is 0 Å². The summed E-state index contributed by atoms with van der Waals surface area (Å²) in [7, 11) is -3.63. The summed E-state index contributed by atoms with van der Waals surface area (Å²) in [5.74, 6) is -0.871. The molecule has 1 saturated heterocycles. The fourth-order valence-corrected chi connectivity index (χ4v) is 4.37. The third-order valence-corrected chi connectivity index (χ3v) is 5.89. The fraction of sp³-hybridized carbons (Fsp3) is 0.800. The summed E-state index contributed by atoms with van der Waals surface area (Å²) < 4.78 is 27.9. The number of carbonyl (C=O) groups is 3. The molecule has 0 aromatic heterocycles. The first-order valence-electron chi connectivity index (χ1n) is 8.78. The molecular weight excluding hydrogens is 362 g/mol. The van der Waals surface area contributed by atoms with E-state index in [0.29, 0.717) is 12.8 Å². The van der Waals surface area contributed by atoms with Gasteiger partial charge in [0.2, 0.25) is 5.91 Å². The van der Waals surface area contributed by atoms with Crippen molar-refractivity contribution in [1.82, 2.24) is 25.0 Å². The molecule has 26 heavy (non-hydrogen) atoms.